The first-order valence-corrected chi connectivity index (χ1v) is 12.4. The van der Waals surface area contributed by atoms with Crippen LogP contribution in [-0.2, 0) is 4.79 Å². The highest BCUT2D eigenvalue weighted by molar-refractivity contribution is 6.15. The van der Waals surface area contributed by atoms with Crippen molar-refractivity contribution in [2.75, 3.05) is 19.6 Å². The summed E-state index contributed by atoms with van der Waals surface area (Å²) in [4.78, 5) is 22.9. The van der Waals surface area contributed by atoms with E-state index < -0.39 is 5.54 Å². The second-order valence-electron chi connectivity index (χ2n) is 9.50. The molecule has 4 nitrogen and oxygen atoms in total. The Labute approximate surface area is 197 Å². The van der Waals surface area contributed by atoms with Crippen LogP contribution >= 0.6 is 0 Å². The molecule has 0 spiro atoms. The molecular formula is C28H36FN3O. The van der Waals surface area contributed by atoms with Crippen LogP contribution in [0.25, 0.3) is 0 Å². The molecule has 33 heavy (non-hydrogen) atoms. The molecule has 0 saturated carbocycles. The molecule has 1 saturated heterocycles. The lowest BCUT2D eigenvalue weighted by Crippen LogP contribution is -2.45. The van der Waals surface area contributed by atoms with Crippen molar-refractivity contribution >= 4 is 11.7 Å². The Bertz CT molecular complexity index is 960. The van der Waals surface area contributed by atoms with Gasteiger partial charge in [-0.15, -0.1) is 0 Å². The molecule has 0 aromatic heterocycles. The van der Waals surface area contributed by atoms with Gasteiger partial charge in [-0.2, -0.15) is 0 Å². The number of carbonyl (C=O) groups excluding carboxylic acids is 1. The van der Waals surface area contributed by atoms with E-state index in [9.17, 15) is 9.18 Å². The first-order chi connectivity index (χ1) is 16.0. The largest absolute Gasteiger partial charge is 0.301 e. The zero-order valence-electron chi connectivity index (χ0n) is 20.1. The zero-order valence-corrected chi connectivity index (χ0v) is 20.1. The Morgan fingerprint density at radius 2 is 1.67 bits per heavy atom. The summed E-state index contributed by atoms with van der Waals surface area (Å²) in [6, 6.07) is 17.5. The van der Waals surface area contributed by atoms with Crippen LogP contribution in [0.1, 0.15) is 69.9 Å². The van der Waals surface area contributed by atoms with Crippen molar-refractivity contribution in [1.29, 1.82) is 0 Å². The van der Waals surface area contributed by atoms with Gasteiger partial charge in [0.2, 0.25) is 0 Å². The Balaban J connectivity index is 1.39. The van der Waals surface area contributed by atoms with Crippen LogP contribution in [0.4, 0.5) is 4.39 Å². The van der Waals surface area contributed by atoms with E-state index >= 15 is 0 Å². The minimum Gasteiger partial charge on any atom is -0.301 e. The van der Waals surface area contributed by atoms with Gasteiger partial charge < -0.3 is 4.90 Å². The summed E-state index contributed by atoms with van der Waals surface area (Å²) in [5, 5.41) is 0. The van der Waals surface area contributed by atoms with Gasteiger partial charge in [0.05, 0.1) is 0 Å². The molecule has 1 unspecified atom stereocenters. The lowest BCUT2D eigenvalue weighted by Gasteiger charge is -2.37. The van der Waals surface area contributed by atoms with Gasteiger partial charge in [0.1, 0.15) is 17.2 Å². The van der Waals surface area contributed by atoms with Crippen molar-refractivity contribution in [2.24, 2.45) is 4.99 Å². The summed E-state index contributed by atoms with van der Waals surface area (Å²) < 4.78 is 13.2. The van der Waals surface area contributed by atoms with Crippen LogP contribution in [0.15, 0.2) is 59.6 Å². The quantitative estimate of drug-likeness (QED) is 0.523. The van der Waals surface area contributed by atoms with Crippen LogP contribution in [0.3, 0.4) is 0 Å². The van der Waals surface area contributed by atoms with Gasteiger partial charge in [-0.05, 0) is 75.7 Å². The molecule has 0 N–H and O–H groups in total. The summed E-state index contributed by atoms with van der Waals surface area (Å²) in [7, 11) is 0. The smallest absolute Gasteiger partial charge is 0.256 e. The summed E-state index contributed by atoms with van der Waals surface area (Å²) in [5.41, 5.74) is 1.63. The number of amides is 1. The number of likely N-dealkylation sites (tertiary alicyclic amines) is 1. The van der Waals surface area contributed by atoms with E-state index in [1.54, 1.807) is 12.1 Å². The minimum absolute atomic E-state index is 0.147. The highest BCUT2D eigenvalue weighted by Crippen LogP contribution is 2.33. The average Bonchev–Trinajstić information content (AvgIpc) is 3.15. The van der Waals surface area contributed by atoms with Gasteiger partial charge in [-0.3, -0.25) is 14.7 Å². The maximum Gasteiger partial charge on any atom is 0.256 e. The topological polar surface area (TPSA) is 35.9 Å². The predicted molar refractivity (Wildman–Crippen MR) is 132 cm³/mol. The number of halogens is 1. The molecule has 0 radical (unpaired) electrons. The summed E-state index contributed by atoms with van der Waals surface area (Å²) in [6.07, 6.45) is 4.54. The zero-order chi connectivity index (χ0) is 23.4. The van der Waals surface area contributed by atoms with Crippen molar-refractivity contribution in [3.8, 4) is 0 Å². The second-order valence-corrected chi connectivity index (χ2v) is 9.50. The summed E-state index contributed by atoms with van der Waals surface area (Å²) >= 11 is 0. The highest BCUT2D eigenvalue weighted by atomic mass is 19.1. The molecule has 0 aliphatic carbocycles. The fourth-order valence-electron chi connectivity index (χ4n) is 5.29. The molecule has 2 heterocycles. The molecule has 1 amide bonds. The summed E-state index contributed by atoms with van der Waals surface area (Å²) in [5.74, 6) is 1.30. The van der Waals surface area contributed by atoms with E-state index in [0.29, 0.717) is 18.5 Å². The van der Waals surface area contributed by atoms with Gasteiger partial charge in [0, 0.05) is 18.2 Å². The first-order valence-electron chi connectivity index (χ1n) is 12.4. The molecule has 2 aromatic rings. The summed E-state index contributed by atoms with van der Waals surface area (Å²) in [6.45, 7) is 9.14. The standard InChI is InChI=1S/C28H36FN3O/c1-4-28(5-2)27(33)32(26(30-28)24-9-7-6-8-10-24)20-15-21(3)31-18-16-23(17-19-31)22-11-13-25(29)14-12-22/h6-14,21,23H,4-5,15-20H2,1-3H3. The number of piperidine rings is 1. The third-order valence-electron chi connectivity index (χ3n) is 7.69. The maximum absolute atomic E-state index is 13.5. The number of carbonyl (C=O) groups is 1. The average molecular weight is 450 g/mol. The molecule has 2 aromatic carbocycles. The van der Waals surface area contributed by atoms with Gasteiger partial charge in [-0.25, -0.2) is 4.39 Å². The SMILES string of the molecule is CCC1(CC)N=C(c2ccccc2)N(CCC(C)N2CCC(c3ccc(F)cc3)CC2)C1=O. The predicted octanol–water partition coefficient (Wildman–Crippen LogP) is 5.63. The molecular weight excluding hydrogens is 413 g/mol. The second kappa shape index (κ2) is 10.2. The van der Waals surface area contributed by atoms with E-state index in [1.807, 2.05) is 47.4 Å². The van der Waals surface area contributed by atoms with Gasteiger partial charge in [0.25, 0.3) is 5.91 Å². The van der Waals surface area contributed by atoms with Crippen molar-refractivity contribution in [2.45, 2.75) is 70.4 Å². The number of aliphatic imine (C=N–C) groups is 1. The number of nitrogens with zero attached hydrogens (tertiary/aromatic N) is 3. The van der Waals surface area contributed by atoms with E-state index in [0.717, 1.165) is 56.6 Å². The lowest BCUT2D eigenvalue weighted by atomic mass is 9.89. The van der Waals surface area contributed by atoms with Crippen LogP contribution in [0, 0.1) is 5.82 Å². The van der Waals surface area contributed by atoms with E-state index in [1.165, 1.54) is 5.56 Å². The number of benzene rings is 2. The Morgan fingerprint density at radius 3 is 2.27 bits per heavy atom. The Morgan fingerprint density at radius 1 is 1.03 bits per heavy atom. The van der Waals surface area contributed by atoms with Crippen molar-refractivity contribution in [3.63, 3.8) is 0 Å². The first kappa shape index (κ1) is 23.6. The third kappa shape index (κ3) is 4.89. The monoisotopic (exact) mass is 449 g/mol. The number of rotatable bonds is 8. The van der Waals surface area contributed by atoms with Crippen LogP contribution < -0.4 is 0 Å². The highest BCUT2D eigenvalue weighted by Gasteiger charge is 2.45. The molecule has 4 rings (SSSR count). The van der Waals surface area contributed by atoms with Crippen LogP contribution in [0.2, 0.25) is 0 Å². The van der Waals surface area contributed by atoms with Gasteiger partial charge in [-0.1, -0.05) is 56.3 Å². The van der Waals surface area contributed by atoms with Gasteiger partial charge >= 0.3 is 0 Å². The van der Waals surface area contributed by atoms with E-state index in [-0.39, 0.29) is 11.7 Å². The molecule has 2 aliphatic heterocycles. The minimum atomic E-state index is -0.623. The third-order valence-corrected chi connectivity index (χ3v) is 7.69. The normalized spacial score (nSPS) is 20.2. The van der Waals surface area contributed by atoms with Crippen LogP contribution in [-0.4, -0.2) is 52.8 Å². The Hall–Kier alpha value is -2.53. The van der Waals surface area contributed by atoms with Gasteiger partial charge in [0.15, 0.2) is 0 Å². The van der Waals surface area contributed by atoms with Crippen molar-refractivity contribution in [1.82, 2.24) is 9.80 Å². The number of amidine groups is 1. The molecule has 5 heteroatoms. The fourth-order valence-corrected chi connectivity index (χ4v) is 5.29. The fraction of sp³-hybridized carbons (Fsp3) is 0.500. The molecule has 176 valence electrons. The number of hydrogen-bond donors (Lipinski definition) is 0. The number of hydrogen-bond acceptors (Lipinski definition) is 3. The molecule has 0 bridgehead atoms. The van der Waals surface area contributed by atoms with E-state index in [4.69, 9.17) is 4.99 Å². The van der Waals surface area contributed by atoms with E-state index in [2.05, 4.69) is 25.7 Å². The van der Waals surface area contributed by atoms with Crippen LogP contribution in [0.5, 0.6) is 0 Å². The molecule has 1 fully saturated rings. The Kier molecular flexibility index (Phi) is 7.28. The lowest BCUT2D eigenvalue weighted by molar-refractivity contribution is -0.131. The molecule has 1 atom stereocenters. The molecule has 2 aliphatic rings. The van der Waals surface area contributed by atoms with Crippen molar-refractivity contribution in [3.05, 3.63) is 71.5 Å². The van der Waals surface area contributed by atoms with Crippen molar-refractivity contribution < 1.29 is 9.18 Å². The maximum atomic E-state index is 13.5.